The van der Waals surface area contributed by atoms with E-state index in [4.69, 9.17) is 14.2 Å². The lowest BCUT2D eigenvalue weighted by Gasteiger charge is -2.35. The predicted molar refractivity (Wildman–Crippen MR) is 101 cm³/mol. The summed E-state index contributed by atoms with van der Waals surface area (Å²) in [6.45, 7) is 0.515. The Labute approximate surface area is 157 Å². The lowest BCUT2D eigenvalue weighted by atomic mass is 10.1. The van der Waals surface area contributed by atoms with Crippen molar-refractivity contribution in [2.24, 2.45) is 0 Å². The second kappa shape index (κ2) is 8.31. The van der Waals surface area contributed by atoms with Crippen LogP contribution in [-0.4, -0.2) is 42.9 Å². The summed E-state index contributed by atoms with van der Waals surface area (Å²) in [5.41, 5.74) is 1.95. The maximum absolute atomic E-state index is 12.6. The van der Waals surface area contributed by atoms with E-state index in [2.05, 4.69) is 4.98 Å². The van der Waals surface area contributed by atoms with Crippen molar-refractivity contribution < 1.29 is 19.0 Å². The zero-order valence-corrected chi connectivity index (χ0v) is 15.9. The number of hydrogen-bond donors (Lipinski definition) is 0. The lowest BCUT2D eigenvalue weighted by molar-refractivity contribution is -0.132. The Morgan fingerprint density at radius 3 is 2.50 bits per heavy atom. The second-order valence-corrected chi connectivity index (χ2v) is 7.00. The van der Waals surface area contributed by atoms with Gasteiger partial charge in [0.15, 0.2) is 11.5 Å². The van der Waals surface area contributed by atoms with Gasteiger partial charge in [0.05, 0.1) is 21.3 Å². The first-order chi connectivity index (χ1) is 12.7. The first-order valence-electron chi connectivity index (χ1n) is 8.27. The summed E-state index contributed by atoms with van der Waals surface area (Å²) in [6.07, 6.45) is 4.05. The maximum Gasteiger partial charge on any atom is 0.224 e. The van der Waals surface area contributed by atoms with Crippen LogP contribution < -0.4 is 14.2 Å². The summed E-state index contributed by atoms with van der Waals surface area (Å²) in [6, 6.07) is 7.68. The molecule has 1 aliphatic heterocycles. The van der Waals surface area contributed by atoms with Crippen molar-refractivity contribution in [3.63, 3.8) is 0 Å². The first-order valence-corrected chi connectivity index (χ1v) is 9.32. The third-order valence-electron chi connectivity index (χ3n) is 4.24. The van der Waals surface area contributed by atoms with Crippen molar-refractivity contribution in [3.8, 4) is 17.2 Å². The fourth-order valence-electron chi connectivity index (χ4n) is 3.00. The average molecular weight is 374 g/mol. The Hall–Kier alpha value is -2.41. The number of thioether (sulfide) groups is 1. The van der Waals surface area contributed by atoms with Crippen LogP contribution in [0, 0.1) is 0 Å². The number of pyridine rings is 1. The Morgan fingerprint density at radius 1 is 1.19 bits per heavy atom. The van der Waals surface area contributed by atoms with Crippen LogP contribution in [0.25, 0.3) is 0 Å². The molecule has 1 aromatic heterocycles. The molecular formula is C19H22N2O4S. The molecule has 7 heteroatoms. The van der Waals surface area contributed by atoms with Gasteiger partial charge in [-0.15, -0.1) is 11.8 Å². The standard InChI is InChI=1S/C19H22N2O4S/c1-23-15-9-14(10-16(24-2)18(15)25-3)19-21(17(22)6-8-26-19)12-13-5-4-7-20-11-13/h4-5,7,9-11,19H,6,8,12H2,1-3H3. The lowest BCUT2D eigenvalue weighted by Crippen LogP contribution is -2.36. The molecule has 3 rings (SSSR count). The molecule has 2 heterocycles. The number of benzene rings is 1. The molecule has 1 atom stereocenters. The zero-order chi connectivity index (χ0) is 18.5. The summed E-state index contributed by atoms with van der Waals surface area (Å²) < 4.78 is 16.3. The van der Waals surface area contributed by atoms with E-state index in [0.717, 1.165) is 16.9 Å². The van der Waals surface area contributed by atoms with Crippen LogP contribution in [0.5, 0.6) is 17.2 Å². The number of methoxy groups -OCH3 is 3. The van der Waals surface area contributed by atoms with Crippen molar-refractivity contribution >= 4 is 17.7 Å². The van der Waals surface area contributed by atoms with E-state index in [-0.39, 0.29) is 11.3 Å². The minimum atomic E-state index is -0.120. The minimum absolute atomic E-state index is 0.120. The van der Waals surface area contributed by atoms with E-state index < -0.39 is 0 Å². The molecule has 1 fully saturated rings. The Bertz CT molecular complexity index is 744. The molecule has 6 nitrogen and oxygen atoms in total. The maximum atomic E-state index is 12.6. The molecule has 1 amide bonds. The highest BCUT2D eigenvalue weighted by Gasteiger charge is 2.31. The number of carbonyl (C=O) groups is 1. The molecule has 2 aromatic rings. The van der Waals surface area contributed by atoms with Crippen molar-refractivity contribution in [2.45, 2.75) is 18.3 Å². The van der Waals surface area contributed by atoms with Crippen LogP contribution in [0.1, 0.15) is 22.9 Å². The van der Waals surface area contributed by atoms with Crippen LogP contribution in [0.2, 0.25) is 0 Å². The molecule has 1 aliphatic rings. The van der Waals surface area contributed by atoms with Crippen LogP contribution in [0.4, 0.5) is 0 Å². The number of nitrogens with zero attached hydrogens (tertiary/aromatic N) is 2. The van der Waals surface area contributed by atoms with Crippen molar-refractivity contribution in [1.29, 1.82) is 0 Å². The SMILES string of the molecule is COc1cc(C2SCCC(=O)N2Cc2cccnc2)cc(OC)c1OC. The van der Waals surface area contributed by atoms with Gasteiger partial charge in [-0.1, -0.05) is 6.07 Å². The van der Waals surface area contributed by atoms with Crippen molar-refractivity contribution in [3.05, 3.63) is 47.8 Å². The monoisotopic (exact) mass is 374 g/mol. The fourth-order valence-corrected chi connectivity index (χ4v) is 4.22. The number of hydrogen-bond acceptors (Lipinski definition) is 6. The van der Waals surface area contributed by atoms with Gasteiger partial charge >= 0.3 is 0 Å². The van der Waals surface area contributed by atoms with Gasteiger partial charge < -0.3 is 19.1 Å². The third-order valence-corrected chi connectivity index (χ3v) is 5.53. The van der Waals surface area contributed by atoms with Gasteiger partial charge in [-0.05, 0) is 29.3 Å². The van der Waals surface area contributed by atoms with E-state index in [1.165, 1.54) is 0 Å². The van der Waals surface area contributed by atoms with Gasteiger partial charge in [0.25, 0.3) is 0 Å². The number of carbonyl (C=O) groups excluding carboxylic acids is 1. The molecule has 0 radical (unpaired) electrons. The number of aromatic nitrogens is 1. The Morgan fingerprint density at radius 2 is 1.92 bits per heavy atom. The van der Waals surface area contributed by atoms with E-state index in [0.29, 0.717) is 30.2 Å². The predicted octanol–water partition coefficient (Wildman–Crippen LogP) is 3.27. The molecule has 1 unspecified atom stereocenters. The van der Waals surface area contributed by atoms with Crippen LogP contribution in [-0.2, 0) is 11.3 Å². The minimum Gasteiger partial charge on any atom is -0.493 e. The summed E-state index contributed by atoms with van der Waals surface area (Å²) >= 11 is 1.73. The molecule has 0 aliphatic carbocycles. The topological polar surface area (TPSA) is 60.9 Å². The highest BCUT2D eigenvalue weighted by Crippen LogP contribution is 2.45. The van der Waals surface area contributed by atoms with E-state index in [1.807, 2.05) is 29.2 Å². The normalized spacial score (nSPS) is 17.1. The van der Waals surface area contributed by atoms with Gasteiger partial charge in [-0.25, -0.2) is 0 Å². The van der Waals surface area contributed by atoms with Crippen LogP contribution in [0.15, 0.2) is 36.7 Å². The van der Waals surface area contributed by atoms with Gasteiger partial charge in [-0.3, -0.25) is 9.78 Å². The van der Waals surface area contributed by atoms with Crippen LogP contribution in [0.3, 0.4) is 0 Å². The van der Waals surface area contributed by atoms with Crippen LogP contribution >= 0.6 is 11.8 Å². The second-order valence-electron chi connectivity index (χ2n) is 5.81. The highest BCUT2D eigenvalue weighted by molar-refractivity contribution is 7.99. The highest BCUT2D eigenvalue weighted by atomic mass is 32.2. The van der Waals surface area contributed by atoms with Gasteiger partial charge in [0.1, 0.15) is 5.37 Å². The van der Waals surface area contributed by atoms with Crippen molar-refractivity contribution in [2.75, 3.05) is 27.1 Å². The molecule has 1 saturated heterocycles. The first kappa shape index (κ1) is 18.4. The molecule has 26 heavy (non-hydrogen) atoms. The van der Waals surface area contributed by atoms with Gasteiger partial charge in [0.2, 0.25) is 11.7 Å². The number of amides is 1. The third kappa shape index (κ3) is 3.72. The molecular weight excluding hydrogens is 352 g/mol. The van der Waals surface area contributed by atoms with Gasteiger partial charge in [0, 0.05) is 31.1 Å². The number of rotatable bonds is 6. The summed E-state index contributed by atoms with van der Waals surface area (Å²) in [5, 5.41) is -0.120. The molecule has 0 N–H and O–H groups in total. The average Bonchev–Trinajstić information content (AvgIpc) is 2.69. The van der Waals surface area contributed by atoms with Crippen molar-refractivity contribution in [1.82, 2.24) is 9.88 Å². The smallest absolute Gasteiger partial charge is 0.224 e. The Kier molecular flexibility index (Phi) is 5.88. The number of ether oxygens (including phenoxy) is 3. The fraction of sp³-hybridized carbons (Fsp3) is 0.368. The summed E-state index contributed by atoms with van der Waals surface area (Å²) in [7, 11) is 4.76. The summed E-state index contributed by atoms with van der Waals surface area (Å²) in [5.74, 6) is 2.63. The Balaban J connectivity index is 1.98. The largest absolute Gasteiger partial charge is 0.493 e. The molecule has 1 aromatic carbocycles. The molecule has 0 bridgehead atoms. The van der Waals surface area contributed by atoms with Gasteiger partial charge in [-0.2, -0.15) is 0 Å². The molecule has 0 spiro atoms. The zero-order valence-electron chi connectivity index (χ0n) is 15.1. The van der Waals surface area contributed by atoms with E-state index in [9.17, 15) is 4.79 Å². The quantitative estimate of drug-likeness (QED) is 0.773. The molecule has 0 saturated carbocycles. The van der Waals surface area contributed by atoms with E-state index >= 15 is 0 Å². The molecule has 138 valence electrons. The van der Waals surface area contributed by atoms with E-state index in [1.54, 1.807) is 45.5 Å². The summed E-state index contributed by atoms with van der Waals surface area (Å²) in [4.78, 5) is 18.6.